The van der Waals surface area contributed by atoms with E-state index in [9.17, 15) is 22.8 Å². The van der Waals surface area contributed by atoms with Crippen LogP contribution in [0.1, 0.15) is 11.3 Å². The van der Waals surface area contributed by atoms with Gasteiger partial charge in [-0.1, -0.05) is 0 Å². The summed E-state index contributed by atoms with van der Waals surface area (Å²) in [7, 11) is -3.65. The first-order chi connectivity index (χ1) is 13.2. The van der Waals surface area contributed by atoms with Crippen molar-refractivity contribution >= 4 is 50.6 Å². The minimum absolute atomic E-state index is 0.00534. The third-order valence-electron chi connectivity index (χ3n) is 3.90. The summed E-state index contributed by atoms with van der Waals surface area (Å²) < 4.78 is 27.3. The van der Waals surface area contributed by atoms with Gasteiger partial charge in [0.15, 0.2) is 0 Å². The second-order valence-corrected chi connectivity index (χ2v) is 9.25. The number of urea groups is 1. The molecule has 2 heterocycles. The van der Waals surface area contributed by atoms with E-state index in [-0.39, 0.29) is 35.5 Å². The number of imide groups is 1. The molecule has 148 valence electrons. The number of hydrogen-bond donors (Lipinski definition) is 3. The molecular formula is C17H18N4O5S2. The number of nitrogens with one attached hydrogen (secondary N) is 3. The van der Waals surface area contributed by atoms with Crippen molar-refractivity contribution in [2.75, 3.05) is 23.1 Å². The van der Waals surface area contributed by atoms with E-state index in [1.807, 2.05) is 6.92 Å². The van der Waals surface area contributed by atoms with Crippen molar-refractivity contribution < 1.29 is 22.8 Å². The van der Waals surface area contributed by atoms with Crippen LogP contribution in [0.4, 0.5) is 16.2 Å². The summed E-state index contributed by atoms with van der Waals surface area (Å²) in [5.74, 6) is -0.731. The van der Waals surface area contributed by atoms with Gasteiger partial charge in [0.1, 0.15) is 4.21 Å². The van der Waals surface area contributed by atoms with Crippen molar-refractivity contribution in [2.24, 2.45) is 0 Å². The Hall–Kier alpha value is -2.92. The molecular weight excluding hydrogens is 404 g/mol. The Bertz CT molecular complexity index is 998. The van der Waals surface area contributed by atoms with Crippen LogP contribution in [0.3, 0.4) is 0 Å². The zero-order valence-corrected chi connectivity index (χ0v) is 16.5. The van der Waals surface area contributed by atoms with Crippen molar-refractivity contribution in [3.05, 3.63) is 41.3 Å². The Balaban J connectivity index is 1.55. The number of nitrogens with zero attached hydrogens (tertiary/aromatic N) is 1. The fourth-order valence-electron chi connectivity index (χ4n) is 2.50. The van der Waals surface area contributed by atoms with Crippen LogP contribution in [0.2, 0.25) is 0 Å². The molecule has 0 bridgehead atoms. The molecule has 11 heteroatoms. The molecule has 0 radical (unpaired) electrons. The largest absolute Gasteiger partial charge is 0.329 e. The number of hydrogen-bond acceptors (Lipinski definition) is 6. The molecule has 0 unspecified atom stereocenters. The summed E-state index contributed by atoms with van der Waals surface area (Å²) in [6.45, 7) is 1.77. The van der Waals surface area contributed by atoms with Crippen LogP contribution in [0, 0.1) is 6.92 Å². The normalized spacial score (nSPS) is 14.1. The average Bonchev–Trinajstić information content (AvgIpc) is 3.21. The van der Waals surface area contributed by atoms with E-state index < -0.39 is 16.1 Å². The van der Waals surface area contributed by atoms with E-state index in [4.69, 9.17) is 0 Å². The molecule has 3 rings (SSSR count). The predicted octanol–water partition coefficient (Wildman–Crippen LogP) is 1.74. The molecule has 1 fully saturated rings. The molecule has 2 aromatic rings. The molecule has 1 aromatic heterocycles. The number of rotatable bonds is 7. The van der Waals surface area contributed by atoms with E-state index in [1.165, 1.54) is 23.5 Å². The van der Waals surface area contributed by atoms with Gasteiger partial charge in [-0.25, -0.2) is 13.2 Å². The maximum Gasteiger partial charge on any atom is 0.324 e. The summed E-state index contributed by atoms with van der Waals surface area (Å²) >= 11 is 1.18. The van der Waals surface area contributed by atoms with Gasteiger partial charge in [0.05, 0.1) is 6.54 Å². The monoisotopic (exact) mass is 422 g/mol. The third-order valence-corrected chi connectivity index (χ3v) is 6.77. The number of thiophene rings is 1. The van der Waals surface area contributed by atoms with E-state index in [0.717, 1.165) is 9.78 Å². The van der Waals surface area contributed by atoms with Gasteiger partial charge in [-0.05, 0) is 43.3 Å². The van der Waals surface area contributed by atoms with Crippen LogP contribution in [-0.4, -0.2) is 44.3 Å². The lowest BCUT2D eigenvalue weighted by Gasteiger charge is -2.12. The maximum absolute atomic E-state index is 12.3. The Morgan fingerprint density at radius 1 is 1.14 bits per heavy atom. The Morgan fingerprint density at radius 3 is 2.39 bits per heavy atom. The Morgan fingerprint density at radius 2 is 1.82 bits per heavy atom. The SMILES string of the molecule is Cc1ccc(S(=O)(=O)Nc2ccc(NC(=O)CCN3C(=O)CNC3=O)cc2)s1. The molecule has 3 N–H and O–H groups in total. The van der Waals surface area contributed by atoms with Gasteiger partial charge in [-0.15, -0.1) is 11.3 Å². The van der Waals surface area contributed by atoms with Crippen molar-refractivity contribution in [3.63, 3.8) is 0 Å². The second-order valence-electron chi connectivity index (χ2n) is 6.05. The maximum atomic E-state index is 12.3. The van der Waals surface area contributed by atoms with Crippen LogP contribution in [0.15, 0.2) is 40.6 Å². The first-order valence-electron chi connectivity index (χ1n) is 8.32. The van der Waals surface area contributed by atoms with Gasteiger partial charge in [-0.3, -0.25) is 19.2 Å². The van der Waals surface area contributed by atoms with Gasteiger partial charge >= 0.3 is 6.03 Å². The zero-order valence-electron chi connectivity index (χ0n) is 14.9. The number of aryl methyl sites for hydroxylation is 1. The molecule has 1 aromatic carbocycles. The number of sulfonamides is 1. The molecule has 9 nitrogen and oxygen atoms in total. The molecule has 0 saturated carbocycles. The second kappa shape index (κ2) is 7.98. The molecule has 1 aliphatic heterocycles. The highest BCUT2D eigenvalue weighted by atomic mass is 32.2. The molecule has 0 aliphatic carbocycles. The molecule has 4 amide bonds. The van der Waals surface area contributed by atoms with Crippen molar-refractivity contribution in [3.8, 4) is 0 Å². The molecule has 0 spiro atoms. The number of amides is 4. The van der Waals surface area contributed by atoms with Crippen molar-refractivity contribution in [2.45, 2.75) is 17.6 Å². The van der Waals surface area contributed by atoms with Gasteiger partial charge in [0.25, 0.3) is 10.0 Å². The lowest BCUT2D eigenvalue weighted by Crippen LogP contribution is -2.33. The molecule has 0 atom stereocenters. The smallest absolute Gasteiger partial charge is 0.324 e. The summed E-state index contributed by atoms with van der Waals surface area (Å²) in [5, 5.41) is 5.02. The minimum Gasteiger partial charge on any atom is -0.329 e. The lowest BCUT2D eigenvalue weighted by molar-refractivity contribution is -0.125. The fourth-order valence-corrected chi connectivity index (χ4v) is 4.84. The molecule has 28 heavy (non-hydrogen) atoms. The summed E-state index contributed by atoms with van der Waals surface area (Å²) in [5.41, 5.74) is 0.834. The quantitative estimate of drug-likeness (QED) is 0.586. The average molecular weight is 422 g/mol. The molecule has 1 saturated heterocycles. The van der Waals surface area contributed by atoms with Crippen molar-refractivity contribution in [1.82, 2.24) is 10.2 Å². The van der Waals surface area contributed by atoms with Gasteiger partial charge in [-0.2, -0.15) is 0 Å². The standard InChI is InChI=1S/C17H18N4O5S2/c1-11-2-7-16(27-11)28(25,26)20-13-5-3-12(4-6-13)19-14(22)8-9-21-15(23)10-18-17(21)24/h2-7,20H,8-10H2,1H3,(H,18,24)(H,19,22). The van der Waals surface area contributed by atoms with E-state index in [1.54, 1.807) is 24.3 Å². The van der Waals surface area contributed by atoms with Crippen LogP contribution >= 0.6 is 11.3 Å². The van der Waals surface area contributed by atoms with Gasteiger partial charge in [0.2, 0.25) is 11.8 Å². The lowest BCUT2D eigenvalue weighted by atomic mass is 10.2. The van der Waals surface area contributed by atoms with Crippen LogP contribution in [0.25, 0.3) is 0 Å². The topological polar surface area (TPSA) is 125 Å². The van der Waals surface area contributed by atoms with Gasteiger partial charge in [0, 0.05) is 29.2 Å². The summed E-state index contributed by atoms with van der Waals surface area (Å²) in [6, 6.07) is 8.96. The van der Waals surface area contributed by atoms with E-state index >= 15 is 0 Å². The van der Waals surface area contributed by atoms with Crippen LogP contribution in [-0.2, 0) is 19.6 Å². The first kappa shape index (κ1) is 19.8. The van der Waals surface area contributed by atoms with Crippen LogP contribution in [0.5, 0.6) is 0 Å². The van der Waals surface area contributed by atoms with E-state index in [0.29, 0.717) is 11.4 Å². The minimum atomic E-state index is -3.65. The predicted molar refractivity (Wildman–Crippen MR) is 105 cm³/mol. The van der Waals surface area contributed by atoms with Gasteiger partial charge < -0.3 is 10.6 Å². The number of carbonyl (C=O) groups excluding carboxylic acids is 3. The highest BCUT2D eigenvalue weighted by molar-refractivity contribution is 7.94. The summed E-state index contributed by atoms with van der Waals surface area (Å²) in [6.07, 6.45) is -0.0364. The first-order valence-corrected chi connectivity index (χ1v) is 10.6. The Labute approximate surface area is 165 Å². The molecule has 1 aliphatic rings. The number of carbonyl (C=O) groups is 3. The number of anilines is 2. The Kier molecular flexibility index (Phi) is 5.66. The zero-order chi connectivity index (χ0) is 20.3. The number of benzene rings is 1. The van der Waals surface area contributed by atoms with Crippen LogP contribution < -0.4 is 15.4 Å². The van der Waals surface area contributed by atoms with Crippen molar-refractivity contribution in [1.29, 1.82) is 0 Å². The summed E-state index contributed by atoms with van der Waals surface area (Å²) in [4.78, 5) is 36.8. The highest BCUT2D eigenvalue weighted by Crippen LogP contribution is 2.24. The third kappa shape index (κ3) is 4.67. The fraction of sp³-hybridized carbons (Fsp3) is 0.235. The highest BCUT2D eigenvalue weighted by Gasteiger charge is 2.28. The van der Waals surface area contributed by atoms with E-state index in [2.05, 4.69) is 15.4 Å².